The van der Waals surface area contributed by atoms with Gasteiger partial charge in [0, 0.05) is 23.5 Å². The van der Waals surface area contributed by atoms with E-state index in [9.17, 15) is 4.79 Å². The molecule has 0 saturated heterocycles. The van der Waals surface area contributed by atoms with Gasteiger partial charge >= 0.3 is 57.4 Å². The van der Waals surface area contributed by atoms with Crippen LogP contribution in [0.15, 0.2) is 30.5 Å². The summed E-state index contributed by atoms with van der Waals surface area (Å²) in [6, 6.07) is 6.91. The van der Waals surface area contributed by atoms with Crippen molar-refractivity contribution < 1.29 is 9.90 Å². The van der Waals surface area contributed by atoms with Crippen LogP contribution in [-0.4, -0.2) is 73.5 Å². The van der Waals surface area contributed by atoms with Gasteiger partial charge in [-0.15, -0.1) is 0 Å². The normalized spacial score (nSPS) is 12.1. The molecule has 0 aliphatic rings. The van der Waals surface area contributed by atoms with Crippen molar-refractivity contribution in [2.75, 3.05) is 0 Å². The summed E-state index contributed by atoms with van der Waals surface area (Å²) in [5.41, 5.74) is 7.43. The molecular weight excluding hydrogens is 231 g/mol. The standard InChI is InChI=1S/C11H12N2O2.K.H/c12-9(11(14)15)5-7-6-13-10-4-2-1-3-8(7)10;;/h1-4,6,9,13H,5,12H2,(H,14,15);;. The third-order valence-corrected chi connectivity index (χ3v) is 2.43. The molecular formula is C11H13KN2O2. The number of carbonyl (C=O) groups is 1. The second-order valence-electron chi connectivity index (χ2n) is 3.51. The van der Waals surface area contributed by atoms with E-state index in [1.54, 1.807) is 0 Å². The molecule has 2 rings (SSSR count). The number of nitrogens with two attached hydrogens (primary N) is 1. The van der Waals surface area contributed by atoms with Crippen LogP contribution in [0.4, 0.5) is 0 Å². The Balaban J connectivity index is 0.00000128. The number of para-hydroxylation sites is 1. The molecule has 0 spiro atoms. The van der Waals surface area contributed by atoms with Crippen LogP contribution in [0.3, 0.4) is 0 Å². The van der Waals surface area contributed by atoms with Gasteiger partial charge in [-0.3, -0.25) is 4.79 Å². The number of fused-ring (bicyclic) bond motifs is 1. The predicted molar refractivity (Wildman–Crippen MR) is 64.8 cm³/mol. The molecule has 0 saturated carbocycles. The number of hydrogen-bond donors (Lipinski definition) is 3. The van der Waals surface area contributed by atoms with Crippen LogP contribution < -0.4 is 5.73 Å². The molecule has 4 nitrogen and oxygen atoms in total. The van der Waals surface area contributed by atoms with E-state index in [-0.39, 0.29) is 51.4 Å². The molecule has 1 heterocycles. The van der Waals surface area contributed by atoms with E-state index in [0.717, 1.165) is 16.5 Å². The van der Waals surface area contributed by atoms with Gasteiger partial charge in [0.2, 0.25) is 0 Å². The SMILES string of the molecule is NC(Cc1c[nH]c2ccccc12)C(=O)O.[KH]. The van der Waals surface area contributed by atoms with E-state index in [0.29, 0.717) is 6.42 Å². The molecule has 0 bridgehead atoms. The Hall–Kier alpha value is -0.174. The van der Waals surface area contributed by atoms with E-state index in [1.807, 2.05) is 30.5 Å². The topological polar surface area (TPSA) is 79.1 Å². The van der Waals surface area contributed by atoms with Crippen molar-refractivity contribution >= 4 is 68.3 Å². The number of rotatable bonds is 3. The molecule has 0 amide bonds. The Morgan fingerprint density at radius 2 is 2.12 bits per heavy atom. The van der Waals surface area contributed by atoms with Gasteiger partial charge in [0.05, 0.1) is 0 Å². The summed E-state index contributed by atoms with van der Waals surface area (Å²) in [6.45, 7) is 0. The molecule has 0 aliphatic carbocycles. The zero-order valence-electron chi connectivity index (χ0n) is 8.10. The van der Waals surface area contributed by atoms with E-state index in [1.165, 1.54) is 0 Å². The third kappa shape index (κ3) is 2.94. The van der Waals surface area contributed by atoms with Gasteiger partial charge in [-0.1, -0.05) is 18.2 Å². The molecule has 1 atom stereocenters. The van der Waals surface area contributed by atoms with Crippen LogP contribution in [0.5, 0.6) is 0 Å². The Labute approximate surface area is 136 Å². The van der Waals surface area contributed by atoms with Crippen molar-refractivity contribution in [3.05, 3.63) is 36.0 Å². The fourth-order valence-electron chi connectivity index (χ4n) is 1.62. The van der Waals surface area contributed by atoms with Crippen molar-refractivity contribution in [1.82, 2.24) is 4.98 Å². The molecule has 16 heavy (non-hydrogen) atoms. The van der Waals surface area contributed by atoms with Crippen LogP contribution >= 0.6 is 0 Å². The molecule has 1 aromatic heterocycles. The molecule has 2 aromatic rings. The average molecular weight is 244 g/mol. The number of nitrogens with one attached hydrogen (secondary N) is 1. The quantitative estimate of drug-likeness (QED) is 0.687. The zero-order valence-corrected chi connectivity index (χ0v) is 8.10. The predicted octanol–water partition coefficient (Wildman–Crippen LogP) is 0.474. The minimum atomic E-state index is -0.972. The van der Waals surface area contributed by atoms with Gasteiger partial charge in [0.25, 0.3) is 0 Å². The monoisotopic (exact) mass is 244 g/mol. The van der Waals surface area contributed by atoms with Crippen molar-refractivity contribution in [3.63, 3.8) is 0 Å². The maximum absolute atomic E-state index is 10.6. The Kier molecular flexibility index (Phi) is 5.16. The van der Waals surface area contributed by atoms with Gasteiger partial charge in [0.15, 0.2) is 0 Å². The molecule has 0 aliphatic heterocycles. The van der Waals surface area contributed by atoms with Gasteiger partial charge in [0.1, 0.15) is 6.04 Å². The van der Waals surface area contributed by atoms with E-state index < -0.39 is 12.0 Å². The van der Waals surface area contributed by atoms with Gasteiger partial charge < -0.3 is 15.8 Å². The van der Waals surface area contributed by atoms with E-state index in [2.05, 4.69) is 4.98 Å². The van der Waals surface area contributed by atoms with Crippen molar-refractivity contribution in [1.29, 1.82) is 0 Å². The Morgan fingerprint density at radius 1 is 1.44 bits per heavy atom. The fourth-order valence-corrected chi connectivity index (χ4v) is 1.62. The van der Waals surface area contributed by atoms with Crippen LogP contribution in [0, 0.1) is 0 Å². The maximum atomic E-state index is 10.6. The Bertz CT molecular complexity index is 495. The number of carboxylic acid groups (broad SMARTS) is 1. The first-order valence-corrected chi connectivity index (χ1v) is 4.72. The minimum absolute atomic E-state index is 0. The number of hydrogen-bond acceptors (Lipinski definition) is 2. The summed E-state index contributed by atoms with van der Waals surface area (Å²) in [7, 11) is 0. The molecule has 0 fully saturated rings. The summed E-state index contributed by atoms with van der Waals surface area (Å²) in [6.07, 6.45) is 2.16. The van der Waals surface area contributed by atoms with Crippen LogP contribution in [-0.2, 0) is 11.2 Å². The summed E-state index contributed by atoms with van der Waals surface area (Å²) < 4.78 is 0. The summed E-state index contributed by atoms with van der Waals surface area (Å²) in [5, 5.41) is 9.75. The number of benzene rings is 1. The number of carboxylic acids is 1. The second-order valence-corrected chi connectivity index (χ2v) is 3.51. The first kappa shape index (κ1) is 13.9. The van der Waals surface area contributed by atoms with Gasteiger partial charge in [-0.2, -0.15) is 0 Å². The zero-order chi connectivity index (χ0) is 10.8. The number of aromatic nitrogens is 1. The van der Waals surface area contributed by atoms with Crippen molar-refractivity contribution in [3.8, 4) is 0 Å². The second kappa shape index (κ2) is 5.95. The van der Waals surface area contributed by atoms with E-state index in [4.69, 9.17) is 10.8 Å². The van der Waals surface area contributed by atoms with Gasteiger partial charge in [-0.25, -0.2) is 0 Å². The molecule has 1 unspecified atom stereocenters. The molecule has 0 radical (unpaired) electrons. The molecule has 5 heteroatoms. The summed E-state index contributed by atoms with van der Waals surface area (Å²) >= 11 is 0. The average Bonchev–Trinajstić information content (AvgIpc) is 2.62. The summed E-state index contributed by atoms with van der Waals surface area (Å²) in [4.78, 5) is 13.7. The van der Waals surface area contributed by atoms with Crippen LogP contribution in [0.1, 0.15) is 5.56 Å². The molecule has 4 N–H and O–H groups in total. The first-order valence-electron chi connectivity index (χ1n) is 4.72. The molecule has 1 aromatic carbocycles. The number of H-pyrrole nitrogens is 1. The Morgan fingerprint density at radius 3 is 2.81 bits per heavy atom. The van der Waals surface area contributed by atoms with E-state index >= 15 is 0 Å². The number of aliphatic carboxylic acids is 1. The summed E-state index contributed by atoms with van der Waals surface area (Å²) in [5.74, 6) is -0.972. The van der Waals surface area contributed by atoms with Crippen molar-refractivity contribution in [2.45, 2.75) is 12.5 Å². The van der Waals surface area contributed by atoms with Crippen LogP contribution in [0.25, 0.3) is 10.9 Å². The fraction of sp³-hybridized carbons (Fsp3) is 0.182. The van der Waals surface area contributed by atoms with Gasteiger partial charge in [-0.05, 0) is 11.6 Å². The first-order chi connectivity index (χ1) is 7.18. The van der Waals surface area contributed by atoms with Crippen LogP contribution in [0.2, 0.25) is 0 Å². The number of aromatic amines is 1. The molecule has 80 valence electrons. The van der Waals surface area contributed by atoms with Crippen molar-refractivity contribution in [2.24, 2.45) is 5.73 Å². The third-order valence-electron chi connectivity index (χ3n) is 2.43.